The molecule has 0 saturated heterocycles. The van der Waals surface area contributed by atoms with Crippen LogP contribution in [0.4, 0.5) is 0 Å². The lowest BCUT2D eigenvalue weighted by Gasteiger charge is -1.98. The van der Waals surface area contributed by atoms with Gasteiger partial charge in [-0.05, 0) is 17.7 Å². The maximum Gasteiger partial charge on any atom is 0.0471 e. The summed E-state index contributed by atoms with van der Waals surface area (Å²) in [5.74, 6) is 0. The van der Waals surface area contributed by atoms with Crippen LogP contribution in [0.15, 0.2) is 59.2 Å². The smallest absolute Gasteiger partial charge is 0.0471 e. The number of aromatic amines is 1. The summed E-state index contributed by atoms with van der Waals surface area (Å²) in [4.78, 5) is 3.30. The Morgan fingerprint density at radius 3 is 2.56 bits per heavy atom. The molecule has 3 rings (SSSR count). The van der Waals surface area contributed by atoms with Crippen molar-refractivity contribution >= 4 is 26.8 Å². The van der Waals surface area contributed by atoms with Crippen molar-refractivity contribution in [2.75, 3.05) is 0 Å². The molecule has 0 radical (unpaired) electrons. The predicted octanol–water partition coefficient (Wildman–Crippen LogP) is 4.60. The van der Waals surface area contributed by atoms with Crippen molar-refractivity contribution in [3.63, 3.8) is 0 Å². The minimum atomic E-state index is 1.10. The molecule has 1 nitrogen and oxygen atoms in total. The van der Waals surface area contributed by atoms with E-state index in [-0.39, 0.29) is 0 Å². The molecule has 0 unspecified atom stereocenters. The van der Waals surface area contributed by atoms with E-state index in [4.69, 9.17) is 0 Å². The standard InChI is InChI=1S/C14H10BrN/c15-11-6-7-12-13(9-16-14(12)8-11)10-4-2-1-3-5-10/h1-9,16H. The molecule has 1 aromatic heterocycles. The molecule has 0 aliphatic carbocycles. The molecule has 0 atom stereocenters. The van der Waals surface area contributed by atoms with Crippen molar-refractivity contribution in [3.8, 4) is 11.1 Å². The lowest BCUT2D eigenvalue weighted by Crippen LogP contribution is -1.73. The Balaban J connectivity index is 2.26. The van der Waals surface area contributed by atoms with Crippen molar-refractivity contribution < 1.29 is 0 Å². The van der Waals surface area contributed by atoms with Crippen LogP contribution in [0.25, 0.3) is 22.0 Å². The van der Waals surface area contributed by atoms with E-state index >= 15 is 0 Å². The maximum atomic E-state index is 3.48. The second-order valence-corrected chi connectivity index (χ2v) is 4.67. The van der Waals surface area contributed by atoms with Crippen LogP contribution < -0.4 is 0 Å². The summed E-state index contributed by atoms with van der Waals surface area (Å²) in [6.45, 7) is 0. The fourth-order valence-corrected chi connectivity index (χ4v) is 2.32. The van der Waals surface area contributed by atoms with Gasteiger partial charge in [0.25, 0.3) is 0 Å². The summed E-state index contributed by atoms with van der Waals surface area (Å²) >= 11 is 3.48. The van der Waals surface area contributed by atoms with Gasteiger partial charge in [0.2, 0.25) is 0 Å². The normalized spacial score (nSPS) is 10.8. The van der Waals surface area contributed by atoms with E-state index in [0.717, 1.165) is 9.99 Å². The van der Waals surface area contributed by atoms with Crippen LogP contribution in [0.3, 0.4) is 0 Å². The first-order valence-corrected chi connectivity index (χ1v) is 5.96. The lowest BCUT2D eigenvalue weighted by molar-refractivity contribution is 1.47. The summed E-state index contributed by atoms with van der Waals surface area (Å²) in [6.07, 6.45) is 2.06. The molecule has 0 bridgehead atoms. The van der Waals surface area contributed by atoms with Crippen LogP contribution in [0.2, 0.25) is 0 Å². The Morgan fingerprint density at radius 1 is 0.938 bits per heavy atom. The van der Waals surface area contributed by atoms with E-state index in [1.807, 2.05) is 6.07 Å². The number of H-pyrrole nitrogens is 1. The van der Waals surface area contributed by atoms with E-state index in [1.165, 1.54) is 16.5 Å². The molecular formula is C14H10BrN. The summed E-state index contributed by atoms with van der Waals surface area (Å²) in [5, 5.41) is 1.26. The van der Waals surface area contributed by atoms with Gasteiger partial charge in [-0.25, -0.2) is 0 Å². The highest BCUT2D eigenvalue weighted by Crippen LogP contribution is 2.29. The number of rotatable bonds is 1. The highest BCUT2D eigenvalue weighted by molar-refractivity contribution is 9.10. The third-order valence-corrected chi connectivity index (χ3v) is 3.22. The third kappa shape index (κ3) is 1.55. The second kappa shape index (κ2) is 3.80. The van der Waals surface area contributed by atoms with Gasteiger partial charge >= 0.3 is 0 Å². The molecule has 0 fully saturated rings. The molecule has 16 heavy (non-hydrogen) atoms. The monoisotopic (exact) mass is 271 g/mol. The first-order valence-electron chi connectivity index (χ1n) is 5.17. The van der Waals surface area contributed by atoms with Crippen LogP contribution in [-0.2, 0) is 0 Å². The molecule has 0 aliphatic heterocycles. The Kier molecular flexibility index (Phi) is 2.29. The SMILES string of the molecule is Brc1ccc2c(-c3ccccc3)c[nH]c2c1. The van der Waals surface area contributed by atoms with Gasteiger partial charge in [-0.15, -0.1) is 0 Å². The zero-order chi connectivity index (χ0) is 11.0. The molecular weight excluding hydrogens is 262 g/mol. The Labute approximate surface area is 102 Å². The number of hydrogen-bond donors (Lipinski definition) is 1. The van der Waals surface area contributed by atoms with Crippen LogP contribution in [0.5, 0.6) is 0 Å². The van der Waals surface area contributed by atoms with Crippen LogP contribution in [0, 0.1) is 0 Å². The number of nitrogens with one attached hydrogen (secondary N) is 1. The summed E-state index contributed by atoms with van der Waals surface area (Å²) < 4.78 is 1.10. The fourth-order valence-electron chi connectivity index (χ4n) is 1.95. The molecule has 78 valence electrons. The number of benzene rings is 2. The zero-order valence-corrected chi connectivity index (χ0v) is 10.2. The lowest BCUT2D eigenvalue weighted by atomic mass is 10.1. The van der Waals surface area contributed by atoms with Crippen LogP contribution in [0.1, 0.15) is 0 Å². The molecule has 0 amide bonds. The molecule has 0 saturated carbocycles. The Bertz CT molecular complexity index is 626. The van der Waals surface area contributed by atoms with E-state index in [2.05, 4.69) is 69.6 Å². The van der Waals surface area contributed by atoms with Gasteiger partial charge in [0.1, 0.15) is 0 Å². The van der Waals surface area contributed by atoms with Gasteiger partial charge in [0.15, 0.2) is 0 Å². The van der Waals surface area contributed by atoms with Gasteiger partial charge in [-0.3, -0.25) is 0 Å². The minimum Gasteiger partial charge on any atom is -0.361 e. The number of aromatic nitrogens is 1. The van der Waals surface area contributed by atoms with Crippen molar-refractivity contribution in [1.82, 2.24) is 4.98 Å². The number of halogens is 1. The van der Waals surface area contributed by atoms with E-state index in [9.17, 15) is 0 Å². The van der Waals surface area contributed by atoms with Gasteiger partial charge in [-0.2, -0.15) is 0 Å². The maximum absolute atomic E-state index is 3.48. The summed E-state index contributed by atoms with van der Waals surface area (Å²) in [5.41, 5.74) is 3.66. The van der Waals surface area contributed by atoms with Crippen molar-refractivity contribution in [2.45, 2.75) is 0 Å². The quantitative estimate of drug-likeness (QED) is 0.666. The molecule has 3 aromatic rings. The predicted molar refractivity (Wildman–Crippen MR) is 71.4 cm³/mol. The average molecular weight is 272 g/mol. The highest BCUT2D eigenvalue weighted by Gasteiger charge is 2.05. The largest absolute Gasteiger partial charge is 0.361 e. The molecule has 1 heterocycles. The third-order valence-electron chi connectivity index (χ3n) is 2.73. The van der Waals surface area contributed by atoms with E-state index < -0.39 is 0 Å². The number of fused-ring (bicyclic) bond motifs is 1. The second-order valence-electron chi connectivity index (χ2n) is 3.76. The summed E-state index contributed by atoms with van der Waals surface area (Å²) in [7, 11) is 0. The zero-order valence-electron chi connectivity index (χ0n) is 8.57. The van der Waals surface area contributed by atoms with Gasteiger partial charge in [0.05, 0.1) is 0 Å². The Morgan fingerprint density at radius 2 is 1.75 bits per heavy atom. The van der Waals surface area contributed by atoms with Crippen molar-refractivity contribution in [2.24, 2.45) is 0 Å². The average Bonchev–Trinajstić information content (AvgIpc) is 2.73. The van der Waals surface area contributed by atoms with Crippen LogP contribution >= 0.6 is 15.9 Å². The summed E-state index contributed by atoms with van der Waals surface area (Å²) in [6, 6.07) is 16.7. The molecule has 0 spiro atoms. The molecule has 0 aliphatic rings. The molecule has 2 heteroatoms. The first kappa shape index (κ1) is 9.67. The van der Waals surface area contributed by atoms with Gasteiger partial charge < -0.3 is 4.98 Å². The van der Waals surface area contributed by atoms with Crippen molar-refractivity contribution in [3.05, 3.63) is 59.2 Å². The van der Waals surface area contributed by atoms with Crippen LogP contribution in [-0.4, -0.2) is 4.98 Å². The fraction of sp³-hybridized carbons (Fsp3) is 0. The first-order chi connectivity index (χ1) is 7.84. The van der Waals surface area contributed by atoms with Crippen molar-refractivity contribution in [1.29, 1.82) is 0 Å². The topological polar surface area (TPSA) is 15.8 Å². The van der Waals surface area contributed by atoms with E-state index in [0.29, 0.717) is 0 Å². The highest BCUT2D eigenvalue weighted by atomic mass is 79.9. The van der Waals surface area contributed by atoms with Gasteiger partial charge in [0, 0.05) is 27.1 Å². The Hall–Kier alpha value is -1.54. The van der Waals surface area contributed by atoms with E-state index in [1.54, 1.807) is 0 Å². The van der Waals surface area contributed by atoms with Gasteiger partial charge in [-0.1, -0.05) is 52.3 Å². The molecule has 1 N–H and O–H groups in total. The minimum absolute atomic E-state index is 1.10. The number of hydrogen-bond acceptors (Lipinski definition) is 0. The molecule has 2 aromatic carbocycles.